The zero-order valence-corrected chi connectivity index (χ0v) is 14.4. The van der Waals surface area contributed by atoms with E-state index in [9.17, 15) is 13.5 Å². The average Bonchev–Trinajstić information content (AvgIpc) is 2.54. The molecule has 1 atom stereocenters. The van der Waals surface area contributed by atoms with E-state index in [0.29, 0.717) is 18.7 Å². The lowest BCUT2D eigenvalue weighted by atomic mass is 10.1. The maximum Gasteiger partial charge on any atom is 0.306 e. The number of aliphatic hydroxyl groups is 1. The fraction of sp³-hybridized carbons (Fsp3) is 0.294. The molecule has 130 valence electrons. The van der Waals surface area contributed by atoms with Crippen LogP contribution in [0.15, 0.2) is 48.5 Å². The first-order valence-corrected chi connectivity index (χ1v) is 9.20. The van der Waals surface area contributed by atoms with E-state index in [4.69, 9.17) is 8.92 Å². The molecular formula is C17H21NO5S. The Kier molecular flexibility index (Phi) is 6.19. The number of rotatable bonds is 8. The molecule has 2 aromatic carbocycles. The second-order valence-corrected chi connectivity index (χ2v) is 6.93. The van der Waals surface area contributed by atoms with Gasteiger partial charge < -0.3 is 19.3 Å². The first-order valence-electron chi connectivity index (χ1n) is 7.38. The fourth-order valence-electron chi connectivity index (χ4n) is 2.13. The maximum atomic E-state index is 11.0. The van der Waals surface area contributed by atoms with Gasteiger partial charge in [-0.15, -0.1) is 0 Å². The van der Waals surface area contributed by atoms with E-state index in [0.717, 1.165) is 17.6 Å². The Hall–Kier alpha value is -2.09. The van der Waals surface area contributed by atoms with Crippen LogP contribution in [0.2, 0.25) is 0 Å². The Balaban J connectivity index is 1.84. The van der Waals surface area contributed by atoms with Crippen molar-refractivity contribution in [3.05, 3.63) is 59.7 Å². The molecule has 0 aliphatic rings. The molecule has 0 bridgehead atoms. The number of hydrogen-bond donors (Lipinski definition) is 2. The first-order chi connectivity index (χ1) is 11.4. The zero-order valence-electron chi connectivity index (χ0n) is 13.6. The van der Waals surface area contributed by atoms with Crippen LogP contribution in [0.5, 0.6) is 11.5 Å². The summed E-state index contributed by atoms with van der Waals surface area (Å²) in [5.74, 6) is 1.02. The van der Waals surface area contributed by atoms with Gasteiger partial charge in [0.15, 0.2) is 0 Å². The molecule has 0 heterocycles. The van der Waals surface area contributed by atoms with Crippen molar-refractivity contribution in [2.45, 2.75) is 12.6 Å². The standard InChI is InChI=1S/C17H21NO5S/c1-22-15-7-3-13(4-8-15)11-18-12-17(19)14-5-9-16(10-6-14)23-24(2,20)21/h3-10,17-19H,11-12H2,1-2H3/t17-/m1/s1. The smallest absolute Gasteiger partial charge is 0.306 e. The Morgan fingerprint density at radius 1 is 1.04 bits per heavy atom. The second-order valence-electron chi connectivity index (χ2n) is 5.35. The Labute approximate surface area is 142 Å². The molecule has 0 fully saturated rings. The van der Waals surface area contributed by atoms with Crippen LogP contribution in [0.3, 0.4) is 0 Å². The van der Waals surface area contributed by atoms with Gasteiger partial charge >= 0.3 is 10.1 Å². The molecule has 2 N–H and O–H groups in total. The Bertz CT molecular complexity index is 742. The predicted octanol–water partition coefficient (Wildman–Crippen LogP) is 1.86. The molecule has 7 heteroatoms. The minimum absolute atomic E-state index is 0.222. The fourth-order valence-corrected chi connectivity index (χ4v) is 2.60. The van der Waals surface area contributed by atoms with Gasteiger partial charge in [0, 0.05) is 13.1 Å². The molecule has 0 saturated heterocycles. The van der Waals surface area contributed by atoms with Gasteiger partial charge in [-0.3, -0.25) is 0 Å². The van der Waals surface area contributed by atoms with Crippen LogP contribution in [0.4, 0.5) is 0 Å². The monoisotopic (exact) mass is 351 g/mol. The summed E-state index contributed by atoms with van der Waals surface area (Å²) in [6.07, 6.45) is 0.286. The average molecular weight is 351 g/mol. The molecule has 0 radical (unpaired) electrons. The van der Waals surface area contributed by atoms with Gasteiger partial charge in [0.25, 0.3) is 0 Å². The van der Waals surface area contributed by atoms with E-state index < -0.39 is 16.2 Å². The summed E-state index contributed by atoms with van der Waals surface area (Å²) in [4.78, 5) is 0. The summed E-state index contributed by atoms with van der Waals surface area (Å²) >= 11 is 0. The van der Waals surface area contributed by atoms with Crippen molar-refractivity contribution >= 4 is 10.1 Å². The highest BCUT2D eigenvalue weighted by Crippen LogP contribution is 2.18. The molecule has 0 saturated carbocycles. The summed E-state index contributed by atoms with van der Waals surface area (Å²) in [5, 5.41) is 13.3. The normalized spacial score (nSPS) is 12.6. The highest BCUT2D eigenvalue weighted by molar-refractivity contribution is 7.86. The van der Waals surface area contributed by atoms with Crippen molar-refractivity contribution in [2.75, 3.05) is 19.9 Å². The number of benzene rings is 2. The second kappa shape index (κ2) is 8.14. The van der Waals surface area contributed by atoms with E-state index in [1.165, 1.54) is 12.1 Å². The predicted molar refractivity (Wildman–Crippen MR) is 91.6 cm³/mol. The molecule has 0 unspecified atom stereocenters. The van der Waals surface area contributed by atoms with Gasteiger partial charge in [-0.1, -0.05) is 24.3 Å². The minimum Gasteiger partial charge on any atom is -0.497 e. The molecule has 24 heavy (non-hydrogen) atoms. The van der Waals surface area contributed by atoms with Crippen LogP contribution in [0.1, 0.15) is 17.2 Å². The van der Waals surface area contributed by atoms with Gasteiger partial charge in [0.05, 0.1) is 19.5 Å². The molecule has 0 aliphatic heterocycles. The molecule has 2 aromatic rings. The van der Waals surface area contributed by atoms with Crippen LogP contribution in [0.25, 0.3) is 0 Å². The van der Waals surface area contributed by atoms with E-state index in [-0.39, 0.29) is 5.75 Å². The van der Waals surface area contributed by atoms with E-state index in [2.05, 4.69) is 5.32 Å². The highest BCUT2D eigenvalue weighted by Gasteiger charge is 2.09. The molecule has 0 amide bonds. The third-order valence-electron chi connectivity index (χ3n) is 3.34. The van der Waals surface area contributed by atoms with Crippen LogP contribution < -0.4 is 14.2 Å². The van der Waals surface area contributed by atoms with Crippen molar-refractivity contribution < 1.29 is 22.4 Å². The minimum atomic E-state index is -3.54. The van der Waals surface area contributed by atoms with Gasteiger partial charge in [-0.05, 0) is 35.4 Å². The lowest BCUT2D eigenvalue weighted by Gasteiger charge is -2.13. The van der Waals surface area contributed by atoms with Gasteiger partial charge in [-0.25, -0.2) is 0 Å². The molecule has 0 aromatic heterocycles. The Morgan fingerprint density at radius 2 is 1.62 bits per heavy atom. The SMILES string of the molecule is COc1ccc(CNC[C@@H](O)c2ccc(OS(C)(=O)=O)cc2)cc1. The quantitative estimate of drug-likeness (QED) is 0.706. The van der Waals surface area contributed by atoms with Gasteiger partial charge in [0.2, 0.25) is 0 Å². The van der Waals surface area contributed by atoms with Crippen molar-refractivity contribution in [1.29, 1.82) is 0 Å². The summed E-state index contributed by atoms with van der Waals surface area (Å²) in [6, 6.07) is 14.0. The third kappa shape index (κ3) is 5.84. The number of hydrogen-bond acceptors (Lipinski definition) is 6. The van der Waals surface area contributed by atoms with E-state index >= 15 is 0 Å². The van der Waals surface area contributed by atoms with Crippen LogP contribution in [-0.2, 0) is 16.7 Å². The summed E-state index contributed by atoms with van der Waals surface area (Å²) in [6.45, 7) is 0.995. The topological polar surface area (TPSA) is 84.9 Å². The molecule has 0 spiro atoms. The van der Waals surface area contributed by atoms with Crippen molar-refractivity contribution in [3.63, 3.8) is 0 Å². The van der Waals surface area contributed by atoms with Crippen molar-refractivity contribution in [2.24, 2.45) is 0 Å². The molecule has 6 nitrogen and oxygen atoms in total. The lowest BCUT2D eigenvalue weighted by Crippen LogP contribution is -2.21. The van der Waals surface area contributed by atoms with E-state index in [1.54, 1.807) is 19.2 Å². The maximum absolute atomic E-state index is 11.0. The number of methoxy groups -OCH3 is 1. The molecular weight excluding hydrogens is 330 g/mol. The molecule has 2 rings (SSSR count). The zero-order chi connectivity index (χ0) is 17.6. The van der Waals surface area contributed by atoms with Crippen LogP contribution in [-0.4, -0.2) is 33.4 Å². The van der Waals surface area contributed by atoms with Gasteiger partial charge in [0.1, 0.15) is 11.5 Å². The lowest BCUT2D eigenvalue weighted by molar-refractivity contribution is 0.174. The van der Waals surface area contributed by atoms with Crippen LogP contribution >= 0.6 is 0 Å². The molecule has 0 aliphatic carbocycles. The summed E-state index contributed by atoms with van der Waals surface area (Å²) in [7, 11) is -1.92. The summed E-state index contributed by atoms with van der Waals surface area (Å²) in [5.41, 5.74) is 1.76. The number of ether oxygens (including phenoxy) is 1. The third-order valence-corrected chi connectivity index (χ3v) is 3.83. The highest BCUT2D eigenvalue weighted by atomic mass is 32.2. The van der Waals surface area contributed by atoms with E-state index in [1.807, 2.05) is 24.3 Å². The first kappa shape index (κ1) is 18.3. The Morgan fingerprint density at radius 3 is 2.17 bits per heavy atom. The van der Waals surface area contributed by atoms with Crippen molar-refractivity contribution in [1.82, 2.24) is 5.32 Å². The van der Waals surface area contributed by atoms with Gasteiger partial charge in [-0.2, -0.15) is 8.42 Å². The van der Waals surface area contributed by atoms with Crippen molar-refractivity contribution in [3.8, 4) is 11.5 Å². The number of nitrogens with one attached hydrogen (secondary N) is 1. The van der Waals surface area contributed by atoms with Crippen LogP contribution in [0, 0.1) is 0 Å². The summed E-state index contributed by atoms with van der Waals surface area (Å²) < 4.78 is 32.0. The largest absolute Gasteiger partial charge is 0.497 e. The number of aliphatic hydroxyl groups excluding tert-OH is 1.